The van der Waals surface area contributed by atoms with E-state index in [1.807, 2.05) is 0 Å². The third-order valence-corrected chi connectivity index (χ3v) is 3.96. The third-order valence-electron chi connectivity index (χ3n) is 2.83. The molecule has 0 aliphatic rings. The van der Waals surface area contributed by atoms with Crippen LogP contribution in [0.25, 0.3) is 11.6 Å². The Bertz CT molecular complexity index is 586. The van der Waals surface area contributed by atoms with Gasteiger partial charge in [-0.3, -0.25) is 0 Å². The van der Waals surface area contributed by atoms with E-state index in [9.17, 15) is 0 Å². The molecule has 0 amide bonds. The monoisotopic (exact) mass is 397 g/mol. The lowest BCUT2D eigenvalue weighted by Gasteiger charge is -2.13. The van der Waals surface area contributed by atoms with Crippen LogP contribution in [-0.4, -0.2) is 26.5 Å². The van der Waals surface area contributed by atoms with Crippen molar-refractivity contribution in [2.45, 2.75) is 33.6 Å². The highest BCUT2D eigenvalue weighted by atomic mass is 127. The Labute approximate surface area is 139 Å². The van der Waals surface area contributed by atoms with Gasteiger partial charge in [0.1, 0.15) is 5.82 Å². The van der Waals surface area contributed by atoms with Gasteiger partial charge in [0.15, 0.2) is 11.6 Å². The van der Waals surface area contributed by atoms with Crippen molar-refractivity contribution in [2.75, 3.05) is 11.9 Å². The number of anilines is 1. The molecule has 2 aromatic heterocycles. The van der Waals surface area contributed by atoms with Gasteiger partial charge < -0.3 is 5.32 Å². The smallest absolute Gasteiger partial charge is 0.200 e. The molecule has 0 fully saturated rings. The molecule has 6 heteroatoms. The lowest BCUT2D eigenvalue weighted by molar-refractivity contribution is 0.632. The quantitative estimate of drug-likeness (QED) is 0.756. The molecule has 0 bridgehead atoms. The highest BCUT2D eigenvalue weighted by Crippen LogP contribution is 2.24. The fourth-order valence-corrected chi connectivity index (χ4v) is 2.54. The summed E-state index contributed by atoms with van der Waals surface area (Å²) in [5, 5.41) is 3.37. The van der Waals surface area contributed by atoms with Crippen LogP contribution in [0.4, 0.5) is 5.82 Å². The van der Waals surface area contributed by atoms with Crippen LogP contribution in [0.3, 0.4) is 0 Å². The Balaban J connectivity index is 2.45. The van der Waals surface area contributed by atoms with Crippen LogP contribution in [0.5, 0.6) is 0 Å². The van der Waals surface area contributed by atoms with Crippen LogP contribution in [0, 0.1) is 9.49 Å². The Morgan fingerprint density at radius 2 is 1.86 bits per heavy atom. The Hall–Kier alpha value is -1.31. The lowest BCUT2D eigenvalue weighted by atomic mass is 10.1. The number of hydrogen-bond acceptors (Lipinski definition) is 5. The summed E-state index contributed by atoms with van der Waals surface area (Å²) in [7, 11) is 0. The van der Waals surface area contributed by atoms with Crippen molar-refractivity contribution in [3.63, 3.8) is 0 Å². The lowest BCUT2D eigenvalue weighted by Crippen LogP contribution is -2.11. The summed E-state index contributed by atoms with van der Waals surface area (Å²) >= 11 is 2.32. The molecule has 0 saturated carbocycles. The van der Waals surface area contributed by atoms with E-state index < -0.39 is 0 Å². The first kappa shape index (κ1) is 16.1. The number of halogens is 1. The second-order valence-corrected chi connectivity index (χ2v) is 6.33. The zero-order valence-electron chi connectivity index (χ0n) is 12.6. The van der Waals surface area contributed by atoms with Gasteiger partial charge in [0.05, 0.1) is 9.26 Å². The normalized spacial score (nSPS) is 10.9. The summed E-state index contributed by atoms with van der Waals surface area (Å²) in [6.07, 6.45) is 5.40. The molecule has 2 heterocycles. The van der Waals surface area contributed by atoms with Gasteiger partial charge in [-0.25, -0.2) is 19.9 Å². The molecule has 21 heavy (non-hydrogen) atoms. The van der Waals surface area contributed by atoms with Crippen molar-refractivity contribution >= 4 is 28.4 Å². The summed E-state index contributed by atoms with van der Waals surface area (Å²) in [5.74, 6) is 2.58. The largest absolute Gasteiger partial charge is 0.369 e. The van der Waals surface area contributed by atoms with Gasteiger partial charge in [0.25, 0.3) is 0 Å². The van der Waals surface area contributed by atoms with E-state index in [0.29, 0.717) is 17.6 Å². The molecule has 0 spiro atoms. The molecule has 0 aliphatic carbocycles. The second kappa shape index (κ2) is 7.63. The van der Waals surface area contributed by atoms with E-state index in [0.717, 1.165) is 34.5 Å². The number of aromatic nitrogens is 4. The molecule has 2 rings (SSSR count). The minimum atomic E-state index is 0.539. The number of rotatable bonds is 6. The fourth-order valence-electron chi connectivity index (χ4n) is 1.89. The molecule has 1 N–H and O–H groups in total. The average molecular weight is 397 g/mol. The summed E-state index contributed by atoms with van der Waals surface area (Å²) < 4.78 is 1.09. The van der Waals surface area contributed by atoms with Crippen molar-refractivity contribution in [3.05, 3.63) is 27.7 Å². The molecule has 0 saturated heterocycles. The predicted molar refractivity (Wildman–Crippen MR) is 93.1 cm³/mol. The number of nitrogens with one attached hydrogen (secondary N) is 1. The number of nitrogens with zero attached hydrogens (tertiary/aromatic N) is 4. The van der Waals surface area contributed by atoms with E-state index in [2.05, 4.69) is 68.6 Å². The van der Waals surface area contributed by atoms with Crippen LogP contribution in [-0.2, 0) is 6.42 Å². The first-order chi connectivity index (χ1) is 10.1. The van der Waals surface area contributed by atoms with E-state index in [1.165, 1.54) is 0 Å². The molecule has 0 atom stereocenters. The molecular formula is C15H20IN5. The van der Waals surface area contributed by atoms with Crippen molar-refractivity contribution in [1.29, 1.82) is 0 Å². The maximum atomic E-state index is 4.67. The molecule has 2 aromatic rings. The molecule has 0 radical (unpaired) electrons. The minimum absolute atomic E-state index is 0.539. The first-order valence-corrected chi connectivity index (χ1v) is 8.27. The van der Waals surface area contributed by atoms with E-state index in [-0.39, 0.29) is 0 Å². The highest BCUT2D eigenvalue weighted by molar-refractivity contribution is 14.1. The summed E-state index contributed by atoms with van der Waals surface area (Å²) in [5.41, 5.74) is 1.06. The van der Waals surface area contributed by atoms with E-state index >= 15 is 0 Å². The Morgan fingerprint density at radius 3 is 2.48 bits per heavy atom. The Morgan fingerprint density at radius 1 is 1.14 bits per heavy atom. The molecule has 112 valence electrons. The molecular weight excluding hydrogens is 377 g/mol. The highest BCUT2D eigenvalue weighted by Gasteiger charge is 2.15. The van der Waals surface area contributed by atoms with Gasteiger partial charge in [-0.15, -0.1) is 0 Å². The maximum absolute atomic E-state index is 4.67. The van der Waals surface area contributed by atoms with Crippen molar-refractivity contribution in [1.82, 2.24) is 19.9 Å². The van der Waals surface area contributed by atoms with Crippen LogP contribution in [0.15, 0.2) is 18.5 Å². The Kier molecular flexibility index (Phi) is 5.84. The molecule has 0 aromatic carbocycles. The van der Waals surface area contributed by atoms with Gasteiger partial charge in [0, 0.05) is 18.9 Å². The zero-order valence-corrected chi connectivity index (χ0v) is 14.8. The van der Waals surface area contributed by atoms with Crippen molar-refractivity contribution < 1.29 is 0 Å². The van der Waals surface area contributed by atoms with Crippen LogP contribution < -0.4 is 5.32 Å². The van der Waals surface area contributed by atoms with Gasteiger partial charge in [-0.1, -0.05) is 20.8 Å². The van der Waals surface area contributed by atoms with Crippen LogP contribution in [0.2, 0.25) is 0 Å². The van der Waals surface area contributed by atoms with Crippen LogP contribution in [0.1, 0.15) is 32.9 Å². The van der Waals surface area contributed by atoms with Gasteiger partial charge in [-0.05, 0) is 47.4 Å². The zero-order chi connectivity index (χ0) is 15.2. The van der Waals surface area contributed by atoms with Crippen molar-refractivity contribution in [2.24, 2.45) is 5.92 Å². The molecule has 0 unspecified atom stereocenters. The van der Waals surface area contributed by atoms with Gasteiger partial charge in [0.2, 0.25) is 0 Å². The first-order valence-electron chi connectivity index (χ1n) is 7.19. The third kappa shape index (κ3) is 4.33. The average Bonchev–Trinajstić information content (AvgIpc) is 2.48. The second-order valence-electron chi connectivity index (χ2n) is 5.25. The maximum Gasteiger partial charge on any atom is 0.200 e. The minimum Gasteiger partial charge on any atom is -0.369 e. The van der Waals surface area contributed by atoms with Crippen LogP contribution >= 0.6 is 22.6 Å². The van der Waals surface area contributed by atoms with Gasteiger partial charge in [-0.2, -0.15) is 0 Å². The van der Waals surface area contributed by atoms with E-state index in [1.54, 1.807) is 18.5 Å². The predicted octanol–water partition coefficient (Wildman–Crippen LogP) is 3.56. The fraction of sp³-hybridized carbons (Fsp3) is 0.467. The summed E-state index contributed by atoms with van der Waals surface area (Å²) in [4.78, 5) is 17.8. The topological polar surface area (TPSA) is 63.6 Å². The van der Waals surface area contributed by atoms with Crippen molar-refractivity contribution in [3.8, 4) is 11.6 Å². The SMILES string of the molecule is CCCNc1nc(-c2ncccn2)nc(CC(C)C)c1I. The molecule has 0 aliphatic heterocycles. The van der Waals surface area contributed by atoms with E-state index in [4.69, 9.17) is 0 Å². The number of hydrogen-bond donors (Lipinski definition) is 1. The standard InChI is InChI=1S/C15H20IN5/c1-4-6-17-13-12(16)11(9-10(2)3)20-15(21-13)14-18-7-5-8-19-14/h5,7-8,10H,4,6,9H2,1-3H3,(H,17,20,21). The summed E-state index contributed by atoms with van der Waals surface area (Å²) in [6, 6.07) is 1.79. The van der Waals surface area contributed by atoms with Gasteiger partial charge >= 0.3 is 0 Å². The molecule has 5 nitrogen and oxygen atoms in total. The summed E-state index contributed by atoms with van der Waals surface area (Å²) in [6.45, 7) is 7.41.